The van der Waals surface area contributed by atoms with Crippen molar-refractivity contribution in [1.29, 1.82) is 0 Å². The van der Waals surface area contributed by atoms with Crippen LogP contribution < -0.4 is 10.6 Å². The molecule has 1 saturated heterocycles. The summed E-state index contributed by atoms with van der Waals surface area (Å²) in [6, 6.07) is 6.20. The molecule has 0 saturated carbocycles. The summed E-state index contributed by atoms with van der Waals surface area (Å²) in [5.41, 5.74) is 0.704. The number of amides is 1. The number of rotatable bonds is 3. The molecule has 2 N–H and O–H groups in total. The Morgan fingerprint density at radius 1 is 1.59 bits per heavy atom. The summed E-state index contributed by atoms with van der Waals surface area (Å²) < 4.78 is 1.91. The van der Waals surface area contributed by atoms with Gasteiger partial charge >= 0.3 is 0 Å². The molecule has 0 bridgehead atoms. The summed E-state index contributed by atoms with van der Waals surface area (Å²) in [4.78, 5) is 12.0. The largest absolute Gasteiger partial charge is 0.350 e. The Morgan fingerprint density at radius 2 is 2.41 bits per heavy atom. The zero-order valence-electron chi connectivity index (χ0n) is 9.30. The second-order valence-corrected chi connectivity index (χ2v) is 6.23. The third-order valence-corrected chi connectivity index (χ3v) is 4.21. The second kappa shape index (κ2) is 6.15. The molecular formula is C12H14BrIN2O. The molecule has 1 aliphatic rings. The molecule has 0 radical (unpaired) electrons. The van der Waals surface area contributed by atoms with Crippen LogP contribution in [0.3, 0.4) is 0 Å². The highest BCUT2D eigenvalue weighted by Crippen LogP contribution is 2.19. The molecule has 1 aromatic rings. The fourth-order valence-corrected chi connectivity index (χ4v) is 2.83. The molecule has 1 amide bonds. The van der Waals surface area contributed by atoms with Crippen molar-refractivity contribution < 1.29 is 4.79 Å². The van der Waals surface area contributed by atoms with Gasteiger partial charge in [-0.05, 0) is 76.1 Å². The number of benzene rings is 1. The van der Waals surface area contributed by atoms with E-state index in [0.717, 1.165) is 21.0 Å². The van der Waals surface area contributed by atoms with Crippen LogP contribution in [-0.2, 0) is 0 Å². The Kier molecular flexibility index (Phi) is 4.81. The van der Waals surface area contributed by atoms with Crippen molar-refractivity contribution in [2.45, 2.75) is 18.9 Å². The Balaban J connectivity index is 1.96. The first kappa shape index (κ1) is 13.3. The van der Waals surface area contributed by atoms with Gasteiger partial charge in [-0.2, -0.15) is 0 Å². The summed E-state index contributed by atoms with van der Waals surface area (Å²) in [5, 5.41) is 6.34. The van der Waals surface area contributed by atoms with Crippen LogP contribution in [0.15, 0.2) is 22.7 Å². The third kappa shape index (κ3) is 3.66. The van der Waals surface area contributed by atoms with Gasteiger partial charge in [-0.3, -0.25) is 4.79 Å². The van der Waals surface area contributed by atoms with Gasteiger partial charge in [0.1, 0.15) is 0 Å². The van der Waals surface area contributed by atoms with Gasteiger partial charge < -0.3 is 10.6 Å². The van der Waals surface area contributed by atoms with Crippen LogP contribution in [-0.4, -0.2) is 25.0 Å². The fraction of sp³-hybridized carbons (Fsp3) is 0.417. The molecule has 2 rings (SSSR count). The van der Waals surface area contributed by atoms with Crippen LogP contribution in [0.25, 0.3) is 0 Å². The zero-order valence-corrected chi connectivity index (χ0v) is 13.0. The van der Waals surface area contributed by atoms with E-state index in [1.165, 1.54) is 6.42 Å². The van der Waals surface area contributed by atoms with E-state index < -0.39 is 0 Å². The molecule has 0 aromatic heterocycles. The van der Waals surface area contributed by atoms with E-state index in [1.54, 1.807) is 0 Å². The highest BCUT2D eigenvalue weighted by Gasteiger charge is 2.16. The van der Waals surface area contributed by atoms with E-state index in [0.29, 0.717) is 18.2 Å². The Bertz CT molecular complexity index is 419. The Hall–Kier alpha value is -0.140. The maximum absolute atomic E-state index is 12.0. The van der Waals surface area contributed by atoms with Crippen molar-refractivity contribution in [2.75, 3.05) is 13.1 Å². The SMILES string of the molecule is O=C(NCC1CCCN1)c1cc(I)ccc1Br. The van der Waals surface area contributed by atoms with Crippen LogP contribution in [0.4, 0.5) is 0 Å². The average molecular weight is 409 g/mol. The maximum Gasteiger partial charge on any atom is 0.252 e. The molecule has 1 heterocycles. The van der Waals surface area contributed by atoms with Gasteiger partial charge in [0.15, 0.2) is 0 Å². The Morgan fingerprint density at radius 3 is 3.12 bits per heavy atom. The number of hydrogen-bond acceptors (Lipinski definition) is 2. The highest BCUT2D eigenvalue weighted by molar-refractivity contribution is 14.1. The fourth-order valence-electron chi connectivity index (χ4n) is 1.91. The van der Waals surface area contributed by atoms with E-state index in [2.05, 4.69) is 49.2 Å². The molecule has 0 aliphatic carbocycles. The minimum absolute atomic E-state index is 0.0101. The number of hydrogen-bond donors (Lipinski definition) is 2. The van der Waals surface area contributed by atoms with Crippen molar-refractivity contribution in [3.05, 3.63) is 31.8 Å². The molecule has 92 valence electrons. The molecule has 3 nitrogen and oxygen atoms in total. The van der Waals surface area contributed by atoms with E-state index in [-0.39, 0.29) is 5.91 Å². The predicted octanol–water partition coefficient (Wildman–Crippen LogP) is 2.54. The first-order valence-corrected chi connectivity index (χ1v) is 7.50. The van der Waals surface area contributed by atoms with Gasteiger partial charge in [-0.15, -0.1) is 0 Å². The van der Waals surface area contributed by atoms with Crippen molar-refractivity contribution in [2.24, 2.45) is 0 Å². The van der Waals surface area contributed by atoms with Crippen LogP contribution in [0.2, 0.25) is 0 Å². The monoisotopic (exact) mass is 408 g/mol. The van der Waals surface area contributed by atoms with Gasteiger partial charge in [0, 0.05) is 20.6 Å². The lowest BCUT2D eigenvalue weighted by molar-refractivity contribution is 0.0949. The lowest BCUT2D eigenvalue weighted by atomic mass is 10.2. The smallest absolute Gasteiger partial charge is 0.252 e. The second-order valence-electron chi connectivity index (χ2n) is 4.13. The summed E-state index contributed by atoms with van der Waals surface area (Å²) >= 11 is 5.61. The van der Waals surface area contributed by atoms with Crippen molar-refractivity contribution in [1.82, 2.24) is 10.6 Å². The van der Waals surface area contributed by atoms with Crippen molar-refractivity contribution >= 4 is 44.4 Å². The predicted molar refractivity (Wildman–Crippen MR) is 80.2 cm³/mol. The van der Waals surface area contributed by atoms with Gasteiger partial charge in [-0.1, -0.05) is 0 Å². The molecule has 1 atom stereocenters. The minimum atomic E-state index is -0.0101. The van der Waals surface area contributed by atoms with E-state index in [9.17, 15) is 4.79 Å². The van der Waals surface area contributed by atoms with E-state index in [1.807, 2.05) is 18.2 Å². The van der Waals surface area contributed by atoms with E-state index >= 15 is 0 Å². The normalized spacial score (nSPS) is 19.3. The van der Waals surface area contributed by atoms with Crippen LogP contribution in [0, 0.1) is 3.57 Å². The summed E-state index contributed by atoms with van der Waals surface area (Å²) in [7, 11) is 0. The minimum Gasteiger partial charge on any atom is -0.350 e. The molecule has 5 heteroatoms. The molecule has 1 aliphatic heterocycles. The molecule has 0 spiro atoms. The first-order valence-electron chi connectivity index (χ1n) is 5.63. The standard InChI is InChI=1S/C12H14BrIN2O/c13-11-4-3-8(14)6-10(11)12(17)16-7-9-2-1-5-15-9/h3-4,6,9,15H,1-2,5,7H2,(H,16,17). The van der Waals surface area contributed by atoms with E-state index in [4.69, 9.17) is 0 Å². The summed E-state index contributed by atoms with van der Waals surface area (Å²) in [6.07, 6.45) is 2.35. The van der Waals surface area contributed by atoms with Crippen molar-refractivity contribution in [3.63, 3.8) is 0 Å². The van der Waals surface area contributed by atoms with Crippen LogP contribution >= 0.6 is 38.5 Å². The molecule has 1 fully saturated rings. The number of halogens is 2. The summed E-state index contributed by atoms with van der Waals surface area (Å²) in [6.45, 7) is 1.77. The van der Waals surface area contributed by atoms with Gasteiger partial charge in [0.25, 0.3) is 5.91 Å². The Labute approximate surface area is 123 Å². The quantitative estimate of drug-likeness (QED) is 0.754. The van der Waals surface area contributed by atoms with Gasteiger partial charge in [0.05, 0.1) is 5.56 Å². The lowest BCUT2D eigenvalue weighted by Crippen LogP contribution is -2.37. The molecule has 17 heavy (non-hydrogen) atoms. The molecule has 1 aromatic carbocycles. The number of carbonyl (C=O) groups excluding carboxylic acids is 1. The lowest BCUT2D eigenvalue weighted by Gasteiger charge is -2.12. The van der Waals surface area contributed by atoms with Crippen LogP contribution in [0.5, 0.6) is 0 Å². The van der Waals surface area contributed by atoms with Gasteiger partial charge in [-0.25, -0.2) is 0 Å². The van der Waals surface area contributed by atoms with Crippen molar-refractivity contribution in [3.8, 4) is 0 Å². The van der Waals surface area contributed by atoms with Gasteiger partial charge in [0.2, 0.25) is 0 Å². The molecule has 1 unspecified atom stereocenters. The highest BCUT2D eigenvalue weighted by atomic mass is 127. The molecular weight excluding hydrogens is 395 g/mol. The maximum atomic E-state index is 12.0. The first-order chi connectivity index (χ1) is 8.16. The zero-order chi connectivity index (χ0) is 12.3. The average Bonchev–Trinajstić information content (AvgIpc) is 2.82. The van der Waals surface area contributed by atoms with Crippen LogP contribution in [0.1, 0.15) is 23.2 Å². The topological polar surface area (TPSA) is 41.1 Å². The number of nitrogens with one attached hydrogen (secondary N) is 2. The third-order valence-electron chi connectivity index (χ3n) is 2.84. The number of carbonyl (C=O) groups is 1. The summed E-state index contributed by atoms with van der Waals surface area (Å²) in [5.74, 6) is -0.0101.